The number of ether oxygens (including phenoxy) is 2. The third-order valence-electron chi connectivity index (χ3n) is 1.18. The van der Waals surface area contributed by atoms with Gasteiger partial charge in [0.25, 0.3) is 0 Å². The summed E-state index contributed by atoms with van der Waals surface area (Å²) in [5.41, 5.74) is 4.68. The molecule has 1 aliphatic heterocycles. The van der Waals surface area contributed by atoms with Gasteiger partial charge in [0.2, 0.25) is 6.10 Å². The van der Waals surface area contributed by atoms with Gasteiger partial charge >= 0.3 is 12.1 Å². The van der Waals surface area contributed by atoms with Crippen LogP contribution in [0.3, 0.4) is 0 Å². The van der Waals surface area contributed by atoms with Crippen molar-refractivity contribution >= 4 is 12.1 Å². The maximum absolute atomic E-state index is 10.7. The van der Waals surface area contributed by atoms with Gasteiger partial charge in [-0.2, -0.15) is 0 Å². The van der Waals surface area contributed by atoms with Crippen LogP contribution < -0.4 is 5.73 Å². The highest BCUT2D eigenvalue weighted by Gasteiger charge is 2.32. The Morgan fingerprint density at radius 1 is 1.82 bits per heavy atom. The van der Waals surface area contributed by atoms with E-state index < -0.39 is 18.2 Å². The molecule has 0 aromatic carbocycles. The number of primary amides is 1. The maximum atomic E-state index is 10.7. The lowest BCUT2D eigenvalue weighted by Crippen LogP contribution is -2.25. The summed E-state index contributed by atoms with van der Waals surface area (Å²) >= 11 is 0. The van der Waals surface area contributed by atoms with Crippen LogP contribution in [0, 0.1) is 0 Å². The molecule has 60 valence electrons. The van der Waals surface area contributed by atoms with Gasteiger partial charge < -0.3 is 15.2 Å². The molecule has 11 heavy (non-hydrogen) atoms. The van der Waals surface area contributed by atoms with E-state index in [-0.39, 0.29) is 6.42 Å². The second kappa shape index (κ2) is 2.61. The van der Waals surface area contributed by atoms with Crippen LogP contribution in [0.5, 0.6) is 0 Å². The normalized spacial score (nSPS) is 23.1. The van der Waals surface area contributed by atoms with E-state index in [1.54, 1.807) is 0 Å². The minimum Gasteiger partial charge on any atom is -0.434 e. The van der Waals surface area contributed by atoms with E-state index in [1.165, 1.54) is 0 Å². The highest BCUT2D eigenvalue weighted by Crippen LogP contribution is 2.18. The number of hydrogen-bond donors (Lipinski definition) is 1. The number of amides is 1. The number of rotatable bonds is 1. The summed E-state index contributed by atoms with van der Waals surface area (Å²) in [4.78, 5) is 20.9. The van der Waals surface area contributed by atoms with E-state index >= 15 is 0 Å². The van der Waals surface area contributed by atoms with Crippen molar-refractivity contribution in [1.82, 2.24) is 0 Å². The Bertz CT molecular complexity index is 223. The van der Waals surface area contributed by atoms with Crippen LogP contribution in [0.4, 0.5) is 4.79 Å². The lowest BCUT2D eigenvalue weighted by Gasteiger charge is -2.02. The third kappa shape index (κ3) is 1.70. The molecule has 5 heteroatoms. The summed E-state index contributed by atoms with van der Waals surface area (Å²) in [5.74, 6) is -0.324. The monoisotopic (exact) mass is 157 g/mol. The second-order valence-corrected chi connectivity index (χ2v) is 2.09. The van der Waals surface area contributed by atoms with Crippen molar-refractivity contribution < 1.29 is 19.1 Å². The van der Waals surface area contributed by atoms with Crippen LogP contribution in [0.2, 0.25) is 0 Å². The van der Waals surface area contributed by atoms with E-state index in [2.05, 4.69) is 21.8 Å². The van der Waals surface area contributed by atoms with Crippen LogP contribution in [0.15, 0.2) is 12.3 Å². The molecule has 1 saturated heterocycles. The molecule has 0 radical (unpaired) electrons. The minimum absolute atomic E-state index is 0.196. The van der Waals surface area contributed by atoms with Crippen LogP contribution in [-0.2, 0) is 14.3 Å². The molecule has 0 aliphatic carbocycles. The Kier molecular flexibility index (Phi) is 1.80. The van der Waals surface area contributed by atoms with E-state index in [0.717, 1.165) is 0 Å². The number of nitrogens with two attached hydrogens (primary N) is 1. The maximum Gasteiger partial charge on any atom is 0.405 e. The van der Waals surface area contributed by atoms with Crippen LogP contribution in [0.1, 0.15) is 6.42 Å². The first-order valence-corrected chi connectivity index (χ1v) is 2.95. The van der Waals surface area contributed by atoms with Gasteiger partial charge in [-0.25, -0.2) is 9.59 Å². The molecule has 0 aromatic heterocycles. The summed E-state index contributed by atoms with van der Waals surface area (Å²) in [6.45, 7) is 3.39. The van der Waals surface area contributed by atoms with Gasteiger partial charge in [-0.1, -0.05) is 6.58 Å². The standard InChI is InChI=1S/C6H7NO4/c1-3-2-4(5(8)10-3)11-6(7)9/h4H,1-2H2,(H2,7,9)/t4-/m0/s1. The summed E-state index contributed by atoms with van der Waals surface area (Å²) in [5, 5.41) is 0. The lowest BCUT2D eigenvalue weighted by molar-refractivity contribution is -0.142. The van der Waals surface area contributed by atoms with Gasteiger partial charge in [0, 0.05) is 0 Å². The van der Waals surface area contributed by atoms with E-state index in [9.17, 15) is 9.59 Å². The van der Waals surface area contributed by atoms with E-state index in [4.69, 9.17) is 0 Å². The molecule has 0 saturated carbocycles. The van der Waals surface area contributed by atoms with Gasteiger partial charge in [-0.05, 0) is 0 Å². The minimum atomic E-state index is -0.985. The number of carbonyl (C=O) groups is 2. The van der Waals surface area contributed by atoms with Crippen molar-refractivity contribution in [3.63, 3.8) is 0 Å². The molecule has 1 rings (SSSR count). The summed E-state index contributed by atoms with van der Waals surface area (Å²) in [6, 6.07) is 0. The summed E-state index contributed by atoms with van der Waals surface area (Å²) < 4.78 is 8.91. The van der Waals surface area contributed by atoms with Crippen molar-refractivity contribution in [2.45, 2.75) is 12.5 Å². The molecule has 0 unspecified atom stereocenters. The largest absolute Gasteiger partial charge is 0.434 e. The molecule has 0 bridgehead atoms. The van der Waals surface area contributed by atoms with Gasteiger partial charge in [0.1, 0.15) is 5.76 Å². The Morgan fingerprint density at radius 3 is 2.82 bits per heavy atom. The predicted molar refractivity (Wildman–Crippen MR) is 34.3 cm³/mol. The molecular formula is C6H7NO4. The first-order chi connectivity index (χ1) is 5.09. The average molecular weight is 157 g/mol. The summed E-state index contributed by atoms with van der Waals surface area (Å²) in [6.07, 6.45) is -1.69. The van der Waals surface area contributed by atoms with Gasteiger partial charge in [-0.3, -0.25) is 0 Å². The molecule has 2 N–H and O–H groups in total. The zero-order valence-corrected chi connectivity index (χ0v) is 5.70. The average Bonchev–Trinajstić information content (AvgIpc) is 2.09. The zero-order valence-electron chi connectivity index (χ0n) is 5.70. The second-order valence-electron chi connectivity index (χ2n) is 2.09. The number of carbonyl (C=O) groups excluding carboxylic acids is 2. The molecule has 0 spiro atoms. The Morgan fingerprint density at radius 2 is 2.45 bits per heavy atom. The highest BCUT2D eigenvalue weighted by atomic mass is 16.6. The zero-order chi connectivity index (χ0) is 8.43. The molecule has 0 aromatic rings. The van der Waals surface area contributed by atoms with Crippen molar-refractivity contribution in [3.05, 3.63) is 12.3 Å². The molecule has 1 fully saturated rings. The predicted octanol–water partition coefficient (Wildman–Crippen LogP) is -0.0891. The van der Waals surface area contributed by atoms with Crippen LogP contribution in [-0.4, -0.2) is 18.2 Å². The molecular weight excluding hydrogens is 150 g/mol. The Labute approximate surface area is 62.8 Å². The molecule has 1 amide bonds. The molecule has 1 aliphatic rings. The third-order valence-corrected chi connectivity index (χ3v) is 1.18. The van der Waals surface area contributed by atoms with Gasteiger partial charge in [-0.15, -0.1) is 0 Å². The Balaban J connectivity index is 2.53. The van der Waals surface area contributed by atoms with Crippen molar-refractivity contribution in [2.75, 3.05) is 0 Å². The smallest absolute Gasteiger partial charge is 0.405 e. The van der Waals surface area contributed by atoms with Crippen molar-refractivity contribution in [1.29, 1.82) is 0 Å². The van der Waals surface area contributed by atoms with Crippen LogP contribution in [0.25, 0.3) is 0 Å². The Hall–Kier alpha value is -1.52. The number of hydrogen-bond acceptors (Lipinski definition) is 4. The van der Waals surface area contributed by atoms with Crippen LogP contribution >= 0.6 is 0 Å². The topological polar surface area (TPSA) is 78.6 Å². The molecule has 1 heterocycles. The summed E-state index contributed by atoms with van der Waals surface area (Å²) in [7, 11) is 0. The van der Waals surface area contributed by atoms with Gasteiger partial charge in [0.15, 0.2) is 0 Å². The van der Waals surface area contributed by atoms with Crippen molar-refractivity contribution in [2.24, 2.45) is 5.73 Å². The van der Waals surface area contributed by atoms with Crippen molar-refractivity contribution in [3.8, 4) is 0 Å². The molecule has 5 nitrogen and oxygen atoms in total. The highest BCUT2D eigenvalue weighted by molar-refractivity contribution is 5.81. The number of esters is 1. The first kappa shape index (κ1) is 7.59. The fourth-order valence-electron chi connectivity index (χ4n) is 0.770. The fraction of sp³-hybridized carbons (Fsp3) is 0.333. The molecule has 1 atom stereocenters. The van der Waals surface area contributed by atoms with E-state index in [0.29, 0.717) is 5.76 Å². The van der Waals surface area contributed by atoms with E-state index in [1.807, 2.05) is 0 Å². The lowest BCUT2D eigenvalue weighted by atomic mass is 10.3. The quantitative estimate of drug-likeness (QED) is 0.539. The first-order valence-electron chi connectivity index (χ1n) is 2.95. The fourth-order valence-corrected chi connectivity index (χ4v) is 0.770. The number of cyclic esters (lactones) is 1. The SMILES string of the molecule is C=C1C[C@H](OC(N)=O)C(=O)O1. The van der Waals surface area contributed by atoms with Gasteiger partial charge in [0.05, 0.1) is 6.42 Å².